The molecule has 0 radical (unpaired) electrons. The van der Waals surface area contributed by atoms with E-state index < -0.39 is 0 Å². The van der Waals surface area contributed by atoms with Gasteiger partial charge in [0.15, 0.2) is 5.16 Å². The summed E-state index contributed by atoms with van der Waals surface area (Å²) in [7, 11) is 0. The van der Waals surface area contributed by atoms with Crippen LogP contribution in [0.2, 0.25) is 0 Å². The molecular weight excluding hydrogens is 234 g/mol. The first-order chi connectivity index (χ1) is 8.27. The lowest BCUT2D eigenvalue weighted by Crippen LogP contribution is -2.22. The molecule has 0 aliphatic carbocycles. The number of aromatic amines is 1. The van der Waals surface area contributed by atoms with Crippen molar-refractivity contribution >= 4 is 17.6 Å². The maximum atomic E-state index is 7.64. The maximum absolute atomic E-state index is 7.64. The van der Waals surface area contributed by atoms with Crippen LogP contribution in [0.1, 0.15) is 11.5 Å². The van der Waals surface area contributed by atoms with Gasteiger partial charge in [-0.3, -0.25) is 10.5 Å². The Morgan fingerprint density at radius 1 is 1.41 bits per heavy atom. The lowest BCUT2D eigenvalue weighted by atomic mass is 10.0. The van der Waals surface area contributed by atoms with Crippen molar-refractivity contribution in [3.63, 3.8) is 0 Å². The highest BCUT2D eigenvalue weighted by molar-refractivity contribution is 7.99. The van der Waals surface area contributed by atoms with Crippen LogP contribution in [-0.4, -0.2) is 26.8 Å². The van der Waals surface area contributed by atoms with Gasteiger partial charge in [0.25, 0.3) is 0 Å². The molecule has 1 aromatic heterocycles. The van der Waals surface area contributed by atoms with Crippen molar-refractivity contribution in [1.82, 2.24) is 15.2 Å². The molecule has 17 heavy (non-hydrogen) atoms. The number of thioether (sulfide) groups is 1. The Bertz CT molecular complexity index is 468. The van der Waals surface area contributed by atoms with Crippen molar-refractivity contribution in [2.45, 2.75) is 11.1 Å². The number of nitrogens with zero attached hydrogens (tertiary/aromatic N) is 2. The number of amidine groups is 1. The van der Waals surface area contributed by atoms with Crippen LogP contribution < -0.4 is 5.73 Å². The van der Waals surface area contributed by atoms with E-state index >= 15 is 0 Å². The van der Waals surface area contributed by atoms with Gasteiger partial charge in [0.1, 0.15) is 6.33 Å². The Hall–Kier alpha value is -1.82. The Morgan fingerprint density at radius 2 is 2.18 bits per heavy atom. The Kier molecular flexibility index (Phi) is 3.77. The van der Waals surface area contributed by atoms with Crippen molar-refractivity contribution in [3.05, 3.63) is 42.2 Å². The normalized spacial score (nSPS) is 12.2. The van der Waals surface area contributed by atoms with Crippen molar-refractivity contribution in [1.29, 1.82) is 5.41 Å². The van der Waals surface area contributed by atoms with E-state index in [1.807, 2.05) is 30.3 Å². The summed E-state index contributed by atoms with van der Waals surface area (Å²) in [6, 6.07) is 9.80. The summed E-state index contributed by atoms with van der Waals surface area (Å²) in [5.41, 5.74) is 6.68. The maximum Gasteiger partial charge on any atom is 0.183 e. The number of aromatic nitrogens is 3. The van der Waals surface area contributed by atoms with Crippen LogP contribution in [-0.2, 0) is 0 Å². The van der Waals surface area contributed by atoms with Gasteiger partial charge in [-0.05, 0) is 5.56 Å². The molecule has 1 unspecified atom stereocenters. The van der Waals surface area contributed by atoms with Crippen LogP contribution in [0.4, 0.5) is 0 Å². The molecular formula is C11H13N5S. The topological polar surface area (TPSA) is 91.4 Å². The zero-order chi connectivity index (χ0) is 12.1. The zero-order valence-corrected chi connectivity index (χ0v) is 9.95. The largest absolute Gasteiger partial charge is 0.387 e. The Balaban J connectivity index is 2.06. The molecule has 1 heterocycles. The molecule has 0 bridgehead atoms. The fourth-order valence-corrected chi connectivity index (χ4v) is 2.41. The van der Waals surface area contributed by atoms with Gasteiger partial charge >= 0.3 is 0 Å². The van der Waals surface area contributed by atoms with Gasteiger partial charge < -0.3 is 5.73 Å². The first-order valence-electron chi connectivity index (χ1n) is 5.14. The van der Waals surface area contributed by atoms with Crippen molar-refractivity contribution in [2.75, 3.05) is 5.75 Å². The van der Waals surface area contributed by atoms with E-state index in [4.69, 9.17) is 11.1 Å². The lowest BCUT2D eigenvalue weighted by molar-refractivity contribution is 0.957. The van der Waals surface area contributed by atoms with E-state index in [9.17, 15) is 0 Å². The van der Waals surface area contributed by atoms with Gasteiger partial charge in [-0.15, -0.1) is 0 Å². The van der Waals surface area contributed by atoms with Gasteiger partial charge in [0.05, 0.1) is 11.8 Å². The van der Waals surface area contributed by atoms with Crippen LogP contribution in [0.5, 0.6) is 0 Å². The molecule has 0 spiro atoms. The molecule has 0 aliphatic rings. The number of nitrogens with one attached hydrogen (secondary N) is 2. The Labute approximate surface area is 103 Å². The number of rotatable bonds is 5. The third kappa shape index (κ3) is 3.07. The molecule has 6 heteroatoms. The van der Waals surface area contributed by atoms with Crippen molar-refractivity contribution in [3.8, 4) is 0 Å². The molecule has 2 rings (SSSR count). The average molecular weight is 247 g/mol. The standard InChI is InChI=1S/C11H13N5S/c12-10(13)9(8-4-2-1-3-5-8)6-17-11-14-7-15-16-11/h1-5,7,9H,6H2,(H3,12,13)(H,14,15,16). The number of hydrogen-bond acceptors (Lipinski definition) is 4. The van der Waals surface area contributed by atoms with Crippen LogP contribution in [0.3, 0.4) is 0 Å². The summed E-state index contributed by atoms with van der Waals surface area (Å²) >= 11 is 1.51. The minimum Gasteiger partial charge on any atom is -0.387 e. The zero-order valence-electron chi connectivity index (χ0n) is 9.13. The minimum absolute atomic E-state index is 0.0914. The molecule has 4 N–H and O–H groups in total. The van der Waals surface area contributed by atoms with E-state index in [-0.39, 0.29) is 11.8 Å². The molecule has 0 saturated heterocycles. The first-order valence-corrected chi connectivity index (χ1v) is 6.13. The predicted molar refractivity (Wildman–Crippen MR) is 68.2 cm³/mol. The second-order valence-corrected chi connectivity index (χ2v) is 4.53. The fraction of sp³-hybridized carbons (Fsp3) is 0.182. The van der Waals surface area contributed by atoms with E-state index in [0.29, 0.717) is 5.75 Å². The van der Waals surface area contributed by atoms with Gasteiger partial charge in [-0.2, -0.15) is 5.10 Å². The van der Waals surface area contributed by atoms with E-state index in [1.54, 1.807) is 0 Å². The number of benzene rings is 1. The predicted octanol–water partition coefficient (Wildman–Crippen LogP) is 1.62. The van der Waals surface area contributed by atoms with Gasteiger partial charge in [-0.1, -0.05) is 42.1 Å². The molecule has 5 nitrogen and oxygen atoms in total. The van der Waals surface area contributed by atoms with Gasteiger partial charge in [0.2, 0.25) is 0 Å². The minimum atomic E-state index is -0.0914. The van der Waals surface area contributed by atoms with E-state index in [0.717, 1.165) is 10.7 Å². The SMILES string of the molecule is N=C(N)C(CSc1ncn[nH]1)c1ccccc1. The fourth-order valence-electron chi connectivity index (χ4n) is 1.48. The van der Waals surface area contributed by atoms with Crippen LogP contribution in [0.15, 0.2) is 41.8 Å². The lowest BCUT2D eigenvalue weighted by Gasteiger charge is -2.14. The van der Waals surface area contributed by atoms with Crippen LogP contribution in [0.25, 0.3) is 0 Å². The van der Waals surface area contributed by atoms with Gasteiger partial charge in [0, 0.05) is 5.75 Å². The first kappa shape index (κ1) is 11.7. The monoisotopic (exact) mass is 247 g/mol. The summed E-state index contributed by atoms with van der Waals surface area (Å²) in [6.07, 6.45) is 1.47. The summed E-state index contributed by atoms with van der Waals surface area (Å²) in [4.78, 5) is 4.03. The average Bonchev–Trinajstić information content (AvgIpc) is 2.83. The number of nitrogens with two attached hydrogens (primary N) is 1. The van der Waals surface area contributed by atoms with E-state index in [1.165, 1.54) is 18.1 Å². The van der Waals surface area contributed by atoms with E-state index in [2.05, 4.69) is 15.2 Å². The summed E-state index contributed by atoms with van der Waals surface area (Å²) in [5.74, 6) is 0.753. The van der Waals surface area contributed by atoms with Crippen molar-refractivity contribution in [2.24, 2.45) is 5.73 Å². The highest BCUT2D eigenvalue weighted by Crippen LogP contribution is 2.23. The van der Waals surface area contributed by atoms with Crippen molar-refractivity contribution < 1.29 is 0 Å². The Morgan fingerprint density at radius 3 is 2.76 bits per heavy atom. The molecule has 0 saturated carbocycles. The van der Waals surface area contributed by atoms with Crippen LogP contribution in [0, 0.1) is 5.41 Å². The third-order valence-corrected chi connectivity index (χ3v) is 3.33. The van der Waals surface area contributed by atoms with Crippen LogP contribution >= 0.6 is 11.8 Å². The molecule has 2 aromatic rings. The molecule has 0 aliphatic heterocycles. The molecule has 1 aromatic carbocycles. The highest BCUT2D eigenvalue weighted by Gasteiger charge is 2.15. The summed E-state index contributed by atoms with van der Waals surface area (Å²) < 4.78 is 0. The molecule has 0 fully saturated rings. The molecule has 0 amide bonds. The second kappa shape index (κ2) is 5.49. The number of H-pyrrole nitrogens is 1. The number of hydrogen-bond donors (Lipinski definition) is 3. The molecule has 1 atom stereocenters. The third-order valence-electron chi connectivity index (χ3n) is 2.36. The molecule has 88 valence electrons. The quantitative estimate of drug-likeness (QED) is 0.425. The summed E-state index contributed by atoms with van der Waals surface area (Å²) in [6.45, 7) is 0. The highest BCUT2D eigenvalue weighted by atomic mass is 32.2. The smallest absolute Gasteiger partial charge is 0.183 e. The van der Waals surface area contributed by atoms with Gasteiger partial charge in [-0.25, -0.2) is 4.98 Å². The summed E-state index contributed by atoms with van der Waals surface area (Å²) in [5, 5.41) is 14.9. The second-order valence-electron chi connectivity index (χ2n) is 3.52.